The van der Waals surface area contributed by atoms with Crippen LogP contribution < -0.4 is 5.32 Å². The van der Waals surface area contributed by atoms with E-state index in [1.807, 2.05) is 6.92 Å². The zero-order chi connectivity index (χ0) is 4.57. The molecule has 0 aromatic carbocycles. The molecule has 0 unspecified atom stereocenters. The zero-order valence-corrected chi connectivity index (χ0v) is 3.74. The fourth-order valence-corrected chi connectivity index (χ4v) is 0.443. The molecule has 6 heavy (non-hydrogen) atoms. The normalized spacial score (nSPS) is 45.0. The number of hydrogen-bond acceptors (Lipinski definition) is 1. The third kappa shape index (κ3) is 0.411. The molecule has 1 rings (SSSR count). The molecule has 1 heterocycles. The highest BCUT2D eigenvalue weighted by atomic mass is 19.1. The van der Waals surface area contributed by atoms with Crippen molar-refractivity contribution in [2.45, 2.75) is 19.1 Å². The van der Waals surface area contributed by atoms with Gasteiger partial charge in [-0.1, -0.05) is 0 Å². The summed E-state index contributed by atoms with van der Waals surface area (Å²) in [5.41, 5.74) is 0. The lowest BCUT2D eigenvalue weighted by Gasteiger charge is -2.28. The number of halogens is 1. The van der Waals surface area contributed by atoms with Gasteiger partial charge in [-0.15, -0.1) is 0 Å². The molecule has 2 atom stereocenters. The summed E-state index contributed by atoms with van der Waals surface area (Å²) >= 11 is 0. The van der Waals surface area contributed by atoms with E-state index < -0.39 is 6.17 Å². The van der Waals surface area contributed by atoms with E-state index in [4.69, 9.17) is 0 Å². The second-order valence-electron chi connectivity index (χ2n) is 1.71. The predicted octanol–water partition coefficient (Wildman–Crippen LogP) is 0.316. The first kappa shape index (κ1) is 4.06. The lowest BCUT2D eigenvalue weighted by atomic mass is 10.1. The summed E-state index contributed by atoms with van der Waals surface area (Å²) < 4.78 is 11.8. The van der Waals surface area contributed by atoms with Gasteiger partial charge in [0.05, 0.1) is 0 Å². The van der Waals surface area contributed by atoms with Gasteiger partial charge in [-0.3, -0.25) is 0 Å². The summed E-state index contributed by atoms with van der Waals surface area (Å²) in [4.78, 5) is 0. The van der Waals surface area contributed by atoms with E-state index in [-0.39, 0.29) is 6.04 Å². The van der Waals surface area contributed by atoms with Crippen LogP contribution in [0.2, 0.25) is 0 Å². The number of nitrogens with one attached hydrogen (secondary N) is 1. The molecule has 2 heteroatoms. The molecule has 0 aromatic rings. The maximum atomic E-state index is 11.8. The molecular weight excluding hydrogens is 81.0 g/mol. The smallest absolute Gasteiger partial charge is 0.127 e. The van der Waals surface area contributed by atoms with Crippen molar-refractivity contribution in [1.82, 2.24) is 5.32 Å². The van der Waals surface area contributed by atoms with Crippen molar-refractivity contribution in [3.05, 3.63) is 0 Å². The molecule has 1 nitrogen and oxygen atoms in total. The summed E-state index contributed by atoms with van der Waals surface area (Å²) in [5, 5.41) is 2.88. The van der Waals surface area contributed by atoms with Crippen LogP contribution in [0.5, 0.6) is 0 Å². The van der Waals surface area contributed by atoms with Crippen LogP contribution in [-0.2, 0) is 0 Å². The molecule has 0 radical (unpaired) electrons. The topological polar surface area (TPSA) is 12.0 Å². The Bertz CT molecular complexity index is 47.5. The Morgan fingerprint density at radius 1 is 1.83 bits per heavy atom. The minimum atomic E-state index is -0.579. The highest BCUT2D eigenvalue weighted by Gasteiger charge is 2.24. The van der Waals surface area contributed by atoms with Crippen molar-refractivity contribution in [3.63, 3.8) is 0 Å². The molecule has 1 aliphatic rings. The van der Waals surface area contributed by atoms with E-state index in [0.29, 0.717) is 6.54 Å². The van der Waals surface area contributed by atoms with Crippen molar-refractivity contribution in [2.75, 3.05) is 6.54 Å². The van der Waals surface area contributed by atoms with E-state index >= 15 is 0 Å². The van der Waals surface area contributed by atoms with E-state index in [2.05, 4.69) is 5.32 Å². The molecule has 0 bridgehead atoms. The fourth-order valence-electron chi connectivity index (χ4n) is 0.443. The van der Waals surface area contributed by atoms with Gasteiger partial charge in [0.1, 0.15) is 6.17 Å². The Hall–Kier alpha value is -0.110. The molecule has 36 valence electrons. The second kappa shape index (κ2) is 1.19. The van der Waals surface area contributed by atoms with Crippen LogP contribution in [-0.4, -0.2) is 18.8 Å². The van der Waals surface area contributed by atoms with Crippen LogP contribution in [0.25, 0.3) is 0 Å². The number of alkyl halides is 1. The summed E-state index contributed by atoms with van der Waals surface area (Å²) in [5.74, 6) is 0. The molecular formula is C4H8FN. The molecule has 1 aliphatic heterocycles. The lowest BCUT2D eigenvalue weighted by molar-refractivity contribution is 0.171. The van der Waals surface area contributed by atoms with Gasteiger partial charge in [0, 0.05) is 12.6 Å². The first-order chi connectivity index (χ1) is 2.80. The van der Waals surface area contributed by atoms with Crippen LogP contribution >= 0.6 is 0 Å². The summed E-state index contributed by atoms with van der Waals surface area (Å²) in [7, 11) is 0. The van der Waals surface area contributed by atoms with Crippen molar-refractivity contribution in [2.24, 2.45) is 0 Å². The van der Waals surface area contributed by atoms with Gasteiger partial charge in [-0.2, -0.15) is 0 Å². The average molecular weight is 89.1 g/mol. The molecule has 1 saturated heterocycles. The third-order valence-corrected chi connectivity index (χ3v) is 1.18. The van der Waals surface area contributed by atoms with E-state index in [1.165, 1.54) is 0 Å². The van der Waals surface area contributed by atoms with Crippen LogP contribution in [0.15, 0.2) is 0 Å². The molecule has 0 amide bonds. The van der Waals surface area contributed by atoms with E-state index in [1.54, 1.807) is 0 Å². The maximum Gasteiger partial charge on any atom is 0.127 e. The zero-order valence-electron chi connectivity index (χ0n) is 3.74. The maximum absolute atomic E-state index is 11.8. The Morgan fingerprint density at radius 3 is 2.33 bits per heavy atom. The minimum absolute atomic E-state index is 0.116. The summed E-state index contributed by atoms with van der Waals surface area (Å²) in [6.07, 6.45) is -0.579. The van der Waals surface area contributed by atoms with E-state index in [0.717, 1.165) is 0 Å². The SMILES string of the molecule is C[C@H]1NC[C@H]1F. The largest absolute Gasteiger partial charge is 0.308 e. The quantitative estimate of drug-likeness (QED) is 0.450. The molecule has 1 N–H and O–H groups in total. The predicted molar refractivity (Wildman–Crippen MR) is 22.4 cm³/mol. The van der Waals surface area contributed by atoms with Gasteiger partial charge in [0.2, 0.25) is 0 Å². The van der Waals surface area contributed by atoms with Crippen LogP contribution in [0.3, 0.4) is 0 Å². The minimum Gasteiger partial charge on any atom is -0.308 e. The standard InChI is InChI=1S/C4H8FN/c1-3-4(5)2-6-3/h3-4,6H,2H2,1H3/t3-,4-/m1/s1. The van der Waals surface area contributed by atoms with Gasteiger partial charge >= 0.3 is 0 Å². The van der Waals surface area contributed by atoms with Crippen LogP contribution in [0.1, 0.15) is 6.92 Å². The van der Waals surface area contributed by atoms with Gasteiger partial charge in [0.25, 0.3) is 0 Å². The van der Waals surface area contributed by atoms with Gasteiger partial charge in [-0.05, 0) is 6.92 Å². The van der Waals surface area contributed by atoms with E-state index in [9.17, 15) is 4.39 Å². The monoisotopic (exact) mass is 89.1 g/mol. The third-order valence-electron chi connectivity index (χ3n) is 1.18. The van der Waals surface area contributed by atoms with Gasteiger partial charge < -0.3 is 5.32 Å². The first-order valence-corrected chi connectivity index (χ1v) is 2.18. The Labute approximate surface area is 36.5 Å². The van der Waals surface area contributed by atoms with Crippen LogP contribution in [0.4, 0.5) is 4.39 Å². The molecule has 0 aliphatic carbocycles. The van der Waals surface area contributed by atoms with Crippen molar-refractivity contribution >= 4 is 0 Å². The fraction of sp³-hybridized carbons (Fsp3) is 1.00. The van der Waals surface area contributed by atoms with Crippen molar-refractivity contribution in [1.29, 1.82) is 0 Å². The van der Waals surface area contributed by atoms with Gasteiger partial charge in [0.15, 0.2) is 0 Å². The van der Waals surface area contributed by atoms with Gasteiger partial charge in [-0.25, -0.2) is 4.39 Å². The number of rotatable bonds is 0. The molecule has 0 spiro atoms. The number of hydrogen-bond donors (Lipinski definition) is 1. The molecule has 0 saturated carbocycles. The van der Waals surface area contributed by atoms with Crippen molar-refractivity contribution in [3.8, 4) is 0 Å². The average Bonchev–Trinajstić information content (AvgIpc) is 1.61. The van der Waals surface area contributed by atoms with Crippen LogP contribution in [0, 0.1) is 0 Å². The highest BCUT2D eigenvalue weighted by Crippen LogP contribution is 2.05. The Balaban J connectivity index is 2.20. The summed E-state index contributed by atoms with van der Waals surface area (Å²) in [6.45, 7) is 2.40. The highest BCUT2D eigenvalue weighted by molar-refractivity contribution is 4.83. The summed E-state index contributed by atoms with van der Waals surface area (Å²) in [6, 6.07) is 0.116. The second-order valence-corrected chi connectivity index (χ2v) is 1.71. The first-order valence-electron chi connectivity index (χ1n) is 2.18. The Kier molecular flexibility index (Phi) is 0.804. The molecule has 0 aromatic heterocycles. The lowest BCUT2D eigenvalue weighted by Crippen LogP contribution is -2.52. The molecule has 1 fully saturated rings. The Morgan fingerprint density at radius 2 is 2.33 bits per heavy atom. The van der Waals surface area contributed by atoms with Crippen molar-refractivity contribution < 1.29 is 4.39 Å².